The van der Waals surface area contributed by atoms with E-state index < -0.39 is 9.84 Å². The lowest BCUT2D eigenvalue weighted by atomic mass is 10.1. The SMILES string of the molecule is O=S(=O)(c1ccc(Cl)cc1)c1nc(Nc2cccc3ccccc23)sc1Cl. The third-order valence-electron chi connectivity index (χ3n) is 3.97. The van der Waals surface area contributed by atoms with Crippen molar-refractivity contribution < 1.29 is 8.42 Å². The van der Waals surface area contributed by atoms with E-state index in [2.05, 4.69) is 10.3 Å². The maximum atomic E-state index is 12.8. The maximum Gasteiger partial charge on any atom is 0.226 e. The molecule has 0 fully saturated rings. The molecule has 0 radical (unpaired) electrons. The first kappa shape index (κ1) is 18.3. The average Bonchev–Trinajstić information content (AvgIpc) is 3.03. The Morgan fingerprint density at radius 3 is 2.37 bits per heavy atom. The van der Waals surface area contributed by atoms with Crippen LogP contribution >= 0.6 is 34.5 Å². The van der Waals surface area contributed by atoms with Crippen LogP contribution in [0.2, 0.25) is 9.36 Å². The van der Waals surface area contributed by atoms with Crippen LogP contribution in [0.15, 0.2) is 76.7 Å². The van der Waals surface area contributed by atoms with Gasteiger partial charge in [-0.3, -0.25) is 0 Å². The number of hydrogen-bond donors (Lipinski definition) is 1. The number of thiazole rings is 1. The Kier molecular flexibility index (Phi) is 4.82. The molecule has 0 spiro atoms. The normalized spacial score (nSPS) is 11.6. The Labute approximate surface area is 170 Å². The molecule has 136 valence electrons. The van der Waals surface area contributed by atoms with Gasteiger partial charge in [0.05, 0.1) is 4.90 Å². The second-order valence-corrected chi connectivity index (χ2v) is 9.61. The number of aromatic nitrogens is 1. The number of hydrogen-bond acceptors (Lipinski definition) is 5. The molecule has 0 aliphatic rings. The first-order valence-electron chi connectivity index (χ1n) is 7.87. The number of anilines is 2. The van der Waals surface area contributed by atoms with Gasteiger partial charge in [0.1, 0.15) is 4.34 Å². The van der Waals surface area contributed by atoms with Crippen molar-refractivity contribution in [2.45, 2.75) is 9.92 Å². The summed E-state index contributed by atoms with van der Waals surface area (Å²) in [6, 6.07) is 19.6. The zero-order chi connectivity index (χ0) is 19.0. The van der Waals surface area contributed by atoms with E-state index in [1.54, 1.807) is 0 Å². The van der Waals surface area contributed by atoms with Crippen LogP contribution in [0.5, 0.6) is 0 Å². The molecule has 0 bridgehead atoms. The Hall–Kier alpha value is -2.12. The summed E-state index contributed by atoms with van der Waals surface area (Å²) in [5, 5.41) is 5.95. The molecule has 0 unspecified atom stereocenters. The molecular formula is C19H12Cl2N2O2S2. The summed E-state index contributed by atoms with van der Waals surface area (Å²) < 4.78 is 25.8. The molecule has 0 amide bonds. The lowest BCUT2D eigenvalue weighted by Gasteiger charge is -2.07. The van der Waals surface area contributed by atoms with Crippen LogP contribution in [0, 0.1) is 0 Å². The van der Waals surface area contributed by atoms with Gasteiger partial charge in [-0.05, 0) is 35.7 Å². The third kappa shape index (κ3) is 3.53. The number of sulfone groups is 1. The molecule has 1 heterocycles. The van der Waals surface area contributed by atoms with E-state index in [0.717, 1.165) is 27.8 Å². The van der Waals surface area contributed by atoms with Crippen LogP contribution < -0.4 is 5.32 Å². The summed E-state index contributed by atoms with van der Waals surface area (Å²) in [6.07, 6.45) is 0. The van der Waals surface area contributed by atoms with Crippen LogP contribution in [-0.4, -0.2) is 13.4 Å². The fourth-order valence-electron chi connectivity index (χ4n) is 2.68. The number of nitrogens with zero attached hydrogens (tertiary/aromatic N) is 1. The molecule has 0 saturated heterocycles. The quantitative estimate of drug-likeness (QED) is 0.416. The highest BCUT2D eigenvalue weighted by molar-refractivity contribution is 7.91. The van der Waals surface area contributed by atoms with Gasteiger partial charge in [0.15, 0.2) is 10.2 Å². The van der Waals surface area contributed by atoms with Gasteiger partial charge in [0.25, 0.3) is 0 Å². The molecule has 1 aromatic heterocycles. The molecule has 4 aromatic rings. The summed E-state index contributed by atoms with van der Waals surface area (Å²) in [4.78, 5) is 4.33. The van der Waals surface area contributed by atoms with Gasteiger partial charge in [-0.25, -0.2) is 13.4 Å². The minimum absolute atomic E-state index is 0.0933. The average molecular weight is 435 g/mol. The summed E-state index contributed by atoms with van der Waals surface area (Å²) in [6.45, 7) is 0. The van der Waals surface area contributed by atoms with E-state index >= 15 is 0 Å². The molecule has 3 aromatic carbocycles. The standard InChI is InChI=1S/C19H12Cl2N2O2S2/c20-13-8-10-14(11-9-13)27(24,25)18-17(21)26-19(23-18)22-16-7-3-5-12-4-1-2-6-15(12)16/h1-11H,(H,22,23). The predicted molar refractivity (Wildman–Crippen MR) is 111 cm³/mol. The van der Waals surface area contributed by atoms with Crippen molar-refractivity contribution in [2.75, 3.05) is 5.32 Å². The van der Waals surface area contributed by atoms with E-state index in [1.165, 1.54) is 24.3 Å². The van der Waals surface area contributed by atoms with Crippen molar-refractivity contribution in [3.63, 3.8) is 0 Å². The summed E-state index contributed by atoms with van der Waals surface area (Å²) in [5.41, 5.74) is 0.828. The summed E-state index contributed by atoms with van der Waals surface area (Å²) in [5.74, 6) is 0. The van der Waals surface area contributed by atoms with E-state index in [0.29, 0.717) is 10.2 Å². The van der Waals surface area contributed by atoms with Crippen molar-refractivity contribution in [1.82, 2.24) is 4.98 Å². The molecule has 4 nitrogen and oxygen atoms in total. The number of fused-ring (bicyclic) bond motifs is 1. The van der Waals surface area contributed by atoms with E-state index in [9.17, 15) is 8.42 Å². The minimum Gasteiger partial charge on any atom is -0.331 e. The van der Waals surface area contributed by atoms with Crippen molar-refractivity contribution in [3.05, 3.63) is 76.1 Å². The topological polar surface area (TPSA) is 59.1 Å². The molecular weight excluding hydrogens is 423 g/mol. The lowest BCUT2D eigenvalue weighted by Crippen LogP contribution is -2.03. The Balaban J connectivity index is 1.72. The predicted octanol–water partition coefficient (Wildman–Crippen LogP) is 6.18. The number of nitrogens with one attached hydrogen (secondary N) is 1. The van der Waals surface area contributed by atoms with Crippen molar-refractivity contribution in [1.29, 1.82) is 0 Å². The molecule has 1 N–H and O–H groups in total. The van der Waals surface area contributed by atoms with Crippen molar-refractivity contribution in [3.8, 4) is 0 Å². The largest absolute Gasteiger partial charge is 0.331 e. The van der Waals surface area contributed by atoms with Gasteiger partial charge in [0.2, 0.25) is 9.84 Å². The molecule has 0 aliphatic heterocycles. The first-order valence-corrected chi connectivity index (χ1v) is 10.9. The zero-order valence-corrected chi connectivity index (χ0v) is 16.8. The molecule has 0 aliphatic carbocycles. The van der Waals surface area contributed by atoms with Gasteiger partial charge >= 0.3 is 0 Å². The van der Waals surface area contributed by atoms with Gasteiger partial charge in [-0.15, -0.1) is 0 Å². The summed E-state index contributed by atoms with van der Waals surface area (Å²) in [7, 11) is -3.83. The Morgan fingerprint density at radius 2 is 1.59 bits per heavy atom. The second-order valence-electron chi connectivity index (χ2n) is 5.71. The van der Waals surface area contributed by atoms with Crippen LogP contribution in [0.1, 0.15) is 0 Å². The molecule has 0 saturated carbocycles. The van der Waals surface area contributed by atoms with Crippen molar-refractivity contribution >= 4 is 66.0 Å². The van der Waals surface area contributed by atoms with Gasteiger partial charge in [0, 0.05) is 16.1 Å². The first-order chi connectivity index (χ1) is 12.9. The fraction of sp³-hybridized carbons (Fsp3) is 0. The second kappa shape index (κ2) is 7.13. The lowest BCUT2D eigenvalue weighted by molar-refractivity contribution is 0.593. The molecule has 27 heavy (non-hydrogen) atoms. The fourth-order valence-corrected chi connectivity index (χ4v) is 5.63. The van der Waals surface area contributed by atoms with Gasteiger partial charge in [-0.1, -0.05) is 70.9 Å². The Bertz CT molecular complexity index is 1230. The highest BCUT2D eigenvalue weighted by Crippen LogP contribution is 2.37. The van der Waals surface area contributed by atoms with Crippen LogP contribution in [0.4, 0.5) is 10.8 Å². The zero-order valence-electron chi connectivity index (χ0n) is 13.7. The smallest absolute Gasteiger partial charge is 0.226 e. The third-order valence-corrected chi connectivity index (χ3v) is 7.33. The highest BCUT2D eigenvalue weighted by Gasteiger charge is 2.25. The van der Waals surface area contributed by atoms with Gasteiger partial charge in [-0.2, -0.15) is 0 Å². The van der Waals surface area contributed by atoms with Gasteiger partial charge < -0.3 is 5.32 Å². The van der Waals surface area contributed by atoms with Crippen LogP contribution in [-0.2, 0) is 9.84 Å². The van der Waals surface area contributed by atoms with E-state index in [-0.39, 0.29) is 14.3 Å². The molecule has 4 rings (SSSR count). The Morgan fingerprint density at radius 1 is 0.889 bits per heavy atom. The number of benzene rings is 3. The highest BCUT2D eigenvalue weighted by atomic mass is 35.5. The van der Waals surface area contributed by atoms with Crippen LogP contribution in [0.25, 0.3) is 10.8 Å². The molecule has 0 atom stereocenters. The number of halogens is 2. The maximum absolute atomic E-state index is 12.8. The van der Waals surface area contributed by atoms with Crippen molar-refractivity contribution in [2.24, 2.45) is 0 Å². The van der Waals surface area contributed by atoms with Crippen LogP contribution in [0.3, 0.4) is 0 Å². The monoisotopic (exact) mass is 434 g/mol. The summed E-state index contributed by atoms with van der Waals surface area (Å²) >= 11 is 13.1. The minimum atomic E-state index is -3.83. The molecule has 8 heteroatoms. The van der Waals surface area contributed by atoms with E-state index in [4.69, 9.17) is 23.2 Å². The van der Waals surface area contributed by atoms with E-state index in [1.807, 2.05) is 42.5 Å². The number of rotatable bonds is 4.